The summed E-state index contributed by atoms with van der Waals surface area (Å²) in [5, 5.41) is 0. The van der Waals surface area contributed by atoms with E-state index in [0.717, 1.165) is 41.7 Å². The van der Waals surface area contributed by atoms with E-state index in [-0.39, 0.29) is 5.91 Å². The molecule has 0 aromatic carbocycles. The summed E-state index contributed by atoms with van der Waals surface area (Å²) in [7, 11) is 0. The molecule has 0 bridgehead atoms. The fourth-order valence-corrected chi connectivity index (χ4v) is 3.65. The first-order chi connectivity index (χ1) is 14.1. The molecule has 1 aliphatic heterocycles. The minimum atomic E-state index is 0.0365. The molecule has 1 saturated heterocycles. The largest absolute Gasteiger partial charge is 0.467 e. The molecular formula is C22H25N5O2. The Morgan fingerprint density at radius 3 is 2.59 bits per heavy atom. The third-order valence-electron chi connectivity index (χ3n) is 5.34. The molecular weight excluding hydrogens is 366 g/mol. The summed E-state index contributed by atoms with van der Waals surface area (Å²) in [4.78, 5) is 25.2. The van der Waals surface area contributed by atoms with Crippen molar-refractivity contribution >= 4 is 17.9 Å². The van der Waals surface area contributed by atoms with Gasteiger partial charge in [-0.2, -0.15) is 0 Å². The SMILES string of the molecule is Cc1cc(C=CC(=O)N2CCN(c3ncccn3)CC2)c(C)n1Cc1ccco1. The van der Waals surface area contributed by atoms with Crippen molar-refractivity contribution in [1.82, 2.24) is 19.4 Å². The van der Waals surface area contributed by atoms with Crippen LogP contribution < -0.4 is 4.90 Å². The van der Waals surface area contributed by atoms with Gasteiger partial charge in [0.2, 0.25) is 11.9 Å². The zero-order chi connectivity index (χ0) is 20.2. The number of carbonyl (C=O) groups excluding carboxylic acids is 1. The minimum absolute atomic E-state index is 0.0365. The van der Waals surface area contributed by atoms with Crippen molar-refractivity contribution in [2.45, 2.75) is 20.4 Å². The van der Waals surface area contributed by atoms with E-state index in [4.69, 9.17) is 4.42 Å². The van der Waals surface area contributed by atoms with Gasteiger partial charge in [-0.1, -0.05) is 0 Å². The number of aryl methyl sites for hydroxylation is 1. The normalized spacial score (nSPS) is 14.7. The average molecular weight is 391 g/mol. The number of hydrogen-bond acceptors (Lipinski definition) is 5. The van der Waals surface area contributed by atoms with Crippen molar-refractivity contribution in [2.24, 2.45) is 0 Å². The topological polar surface area (TPSA) is 67.4 Å². The summed E-state index contributed by atoms with van der Waals surface area (Å²) >= 11 is 0. The highest BCUT2D eigenvalue weighted by molar-refractivity contribution is 5.92. The molecule has 1 amide bonds. The molecule has 3 aromatic heterocycles. The Morgan fingerprint density at radius 1 is 1.14 bits per heavy atom. The number of piperazine rings is 1. The van der Waals surface area contributed by atoms with Gasteiger partial charge in [0, 0.05) is 56.0 Å². The van der Waals surface area contributed by atoms with Gasteiger partial charge in [-0.15, -0.1) is 0 Å². The smallest absolute Gasteiger partial charge is 0.246 e. The Hall–Kier alpha value is -3.35. The Labute approximate surface area is 170 Å². The van der Waals surface area contributed by atoms with Crippen LogP contribution >= 0.6 is 0 Å². The highest BCUT2D eigenvalue weighted by Gasteiger charge is 2.21. The summed E-state index contributed by atoms with van der Waals surface area (Å²) in [5.41, 5.74) is 3.31. The van der Waals surface area contributed by atoms with Crippen LogP contribution in [0.4, 0.5) is 5.95 Å². The van der Waals surface area contributed by atoms with E-state index in [1.165, 1.54) is 0 Å². The van der Waals surface area contributed by atoms with Gasteiger partial charge in [-0.05, 0) is 49.8 Å². The second-order valence-electron chi connectivity index (χ2n) is 7.19. The van der Waals surface area contributed by atoms with Crippen molar-refractivity contribution in [3.05, 3.63) is 71.7 Å². The second-order valence-corrected chi connectivity index (χ2v) is 7.19. The lowest BCUT2D eigenvalue weighted by molar-refractivity contribution is -0.126. The lowest BCUT2D eigenvalue weighted by Gasteiger charge is -2.34. The summed E-state index contributed by atoms with van der Waals surface area (Å²) < 4.78 is 7.66. The first-order valence-corrected chi connectivity index (χ1v) is 9.80. The highest BCUT2D eigenvalue weighted by atomic mass is 16.3. The van der Waals surface area contributed by atoms with Crippen LogP contribution in [0.5, 0.6) is 0 Å². The number of furan rings is 1. The molecule has 0 unspecified atom stereocenters. The monoisotopic (exact) mass is 391 g/mol. The van der Waals surface area contributed by atoms with Crippen LogP contribution in [0.15, 0.2) is 53.4 Å². The van der Waals surface area contributed by atoms with Crippen molar-refractivity contribution in [3.63, 3.8) is 0 Å². The minimum Gasteiger partial charge on any atom is -0.467 e. The maximum atomic E-state index is 12.6. The molecule has 29 heavy (non-hydrogen) atoms. The molecule has 7 nitrogen and oxygen atoms in total. The van der Waals surface area contributed by atoms with E-state index in [0.29, 0.717) is 19.6 Å². The van der Waals surface area contributed by atoms with Crippen LogP contribution in [-0.2, 0) is 11.3 Å². The van der Waals surface area contributed by atoms with E-state index in [1.54, 1.807) is 30.8 Å². The number of hydrogen-bond donors (Lipinski definition) is 0. The second kappa shape index (κ2) is 8.34. The van der Waals surface area contributed by atoms with Crippen LogP contribution in [-0.4, -0.2) is 51.5 Å². The van der Waals surface area contributed by atoms with Gasteiger partial charge < -0.3 is 18.8 Å². The zero-order valence-electron chi connectivity index (χ0n) is 16.8. The average Bonchev–Trinajstić information content (AvgIpc) is 3.36. The Bertz CT molecular complexity index is 984. The van der Waals surface area contributed by atoms with Crippen LogP contribution in [0.2, 0.25) is 0 Å². The maximum Gasteiger partial charge on any atom is 0.246 e. The highest BCUT2D eigenvalue weighted by Crippen LogP contribution is 2.19. The summed E-state index contributed by atoms with van der Waals surface area (Å²) in [5.74, 6) is 1.67. The molecule has 4 heterocycles. The van der Waals surface area contributed by atoms with Crippen LogP contribution in [0.3, 0.4) is 0 Å². The van der Waals surface area contributed by atoms with Gasteiger partial charge in [-0.3, -0.25) is 4.79 Å². The van der Waals surface area contributed by atoms with Gasteiger partial charge in [-0.25, -0.2) is 9.97 Å². The van der Waals surface area contributed by atoms with E-state index < -0.39 is 0 Å². The fourth-order valence-electron chi connectivity index (χ4n) is 3.65. The molecule has 0 saturated carbocycles. The number of aromatic nitrogens is 3. The first kappa shape index (κ1) is 19.0. The molecule has 7 heteroatoms. The molecule has 0 aliphatic carbocycles. The Balaban J connectivity index is 1.38. The molecule has 4 rings (SSSR count). The van der Waals surface area contributed by atoms with E-state index in [2.05, 4.69) is 39.3 Å². The summed E-state index contributed by atoms with van der Waals surface area (Å²) in [6, 6.07) is 7.77. The number of carbonyl (C=O) groups is 1. The van der Waals surface area contributed by atoms with Gasteiger partial charge in [0.15, 0.2) is 0 Å². The zero-order valence-corrected chi connectivity index (χ0v) is 16.8. The predicted octanol–water partition coefficient (Wildman–Crippen LogP) is 2.90. The molecule has 0 atom stereocenters. The summed E-state index contributed by atoms with van der Waals surface area (Å²) in [6.45, 7) is 7.63. The third kappa shape index (κ3) is 4.23. The number of nitrogens with zero attached hydrogens (tertiary/aromatic N) is 5. The molecule has 0 N–H and O–H groups in total. The molecule has 0 radical (unpaired) electrons. The predicted molar refractivity (Wildman–Crippen MR) is 112 cm³/mol. The number of anilines is 1. The van der Waals surface area contributed by atoms with Gasteiger partial charge in [0.1, 0.15) is 5.76 Å². The maximum absolute atomic E-state index is 12.6. The van der Waals surface area contributed by atoms with Gasteiger partial charge in [0.05, 0.1) is 12.8 Å². The molecule has 3 aromatic rings. The Morgan fingerprint density at radius 2 is 1.90 bits per heavy atom. The third-order valence-corrected chi connectivity index (χ3v) is 5.34. The fraction of sp³-hybridized carbons (Fsp3) is 0.318. The van der Waals surface area contributed by atoms with Gasteiger partial charge >= 0.3 is 0 Å². The van der Waals surface area contributed by atoms with Crippen LogP contribution in [0.1, 0.15) is 22.7 Å². The van der Waals surface area contributed by atoms with Crippen molar-refractivity contribution in [3.8, 4) is 0 Å². The lowest BCUT2D eigenvalue weighted by atomic mass is 10.2. The molecule has 1 fully saturated rings. The first-order valence-electron chi connectivity index (χ1n) is 9.80. The molecule has 0 spiro atoms. The van der Waals surface area contributed by atoms with Crippen molar-refractivity contribution in [2.75, 3.05) is 31.1 Å². The van der Waals surface area contributed by atoms with Crippen LogP contribution in [0, 0.1) is 13.8 Å². The van der Waals surface area contributed by atoms with Crippen molar-refractivity contribution in [1.29, 1.82) is 0 Å². The molecule has 150 valence electrons. The lowest BCUT2D eigenvalue weighted by Crippen LogP contribution is -2.48. The van der Waals surface area contributed by atoms with Crippen LogP contribution in [0.25, 0.3) is 6.08 Å². The number of rotatable bonds is 5. The molecule has 1 aliphatic rings. The Kier molecular flexibility index (Phi) is 5.46. The van der Waals surface area contributed by atoms with Gasteiger partial charge in [0.25, 0.3) is 0 Å². The quantitative estimate of drug-likeness (QED) is 0.626. The van der Waals surface area contributed by atoms with E-state index >= 15 is 0 Å². The summed E-state index contributed by atoms with van der Waals surface area (Å²) in [6.07, 6.45) is 8.76. The standard InChI is InChI=1S/C22H25N5O2/c1-17-15-19(18(2)27(17)16-20-5-3-14-29-20)6-7-21(28)25-10-12-26(13-11-25)22-23-8-4-9-24-22/h3-9,14-15H,10-13,16H2,1-2H3. The van der Waals surface area contributed by atoms with E-state index in [9.17, 15) is 4.79 Å². The number of amides is 1. The van der Waals surface area contributed by atoms with E-state index in [1.807, 2.05) is 23.1 Å². The van der Waals surface area contributed by atoms with Crippen molar-refractivity contribution < 1.29 is 9.21 Å².